The smallest absolute Gasteiger partial charge is 0.407 e. The summed E-state index contributed by atoms with van der Waals surface area (Å²) in [6.45, 7) is 5.76. The summed E-state index contributed by atoms with van der Waals surface area (Å²) in [4.78, 5) is 18.0. The Morgan fingerprint density at radius 2 is 2.05 bits per heavy atom. The first kappa shape index (κ1) is 14.9. The zero-order valence-corrected chi connectivity index (χ0v) is 11.2. The van der Waals surface area contributed by atoms with E-state index in [9.17, 15) is 9.18 Å². The number of alkyl carbamates (subject to hydrolysis) is 1. The Labute approximate surface area is 111 Å². The molecule has 0 radical (unpaired) electrons. The van der Waals surface area contributed by atoms with Gasteiger partial charge < -0.3 is 10.1 Å². The molecule has 0 aliphatic heterocycles. The van der Waals surface area contributed by atoms with Crippen LogP contribution in [-0.4, -0.2) is 28.2 Å². The van der Waals surface area contributed by atoms with E-state index >= 15 is 0 Å². The maximum Gasteiger partial charge on any atom is 0.407 e. The second-order valence-corrected chi connectivity index (χ2v) is 4.72. The molecule has 0 atom stereocenters. The minimum atomic E-state index is -0.780. The molecule has 1 aromatic rings. The average Bonchev–Trinajstić information content (AvgIpc) is 2.29. The summed E-state index contributed by atoms with van der Waals surface area (Å²) in [7, 11) is 0. The summed E-state index contributed by atoms with van der Waals surface area (Å²) in [6.07, 6.45) is 1.81. The van der Waals surface area contributed by atoms with E-state index < -0.39 is 17.8 Å². The van der Waals surface area contributed by atoms with Gasteiger partial charge in [-0.2, -0.15) is 4.39 Å². The predicted octanol–water partition coefficient (Wildman–Crippen LogP) is 1.88. The van der Waals surface area contributed by atoms with Gasteiger partial charge in [-0.25, -0.2) is 14.8 Å². The van der Waals surface area contributed by atoms with E-state index in [2.05, 4.69) is 27.1 Å². The van der Waals surface area contributed by atoms with Crippen LogP contribution in [0.3, 0.4) is 0 Å². The van der Waals surface area contributed by atoms with Crippen LogP contribution in [0, 0.1) is 17.9 Å². The van der Waals surface area contributed by atoms with Gasteiger partial charge in [0.15, 0.2) is 0 Å². The van der Waals surface area contributed by atoms with Crippen molar-refractivity contribution in [2.45, 2.75) is 32.8 Å². The first-order chi connectivity index (χ1) is 8.87. The largest absolute Gasteiger partial charge is 0.444 e. The number of carbonyl (C=O) groups is 1. The van der Waals surface area contributed by atoms with Crippen molar-refractivity contribution in [3.63, 3.8) is 0 Å². The molecular formula is C13H16FN3O2. The Hall–Kier alpha value is -2.16. The molecule has 0 unspecified atom stereocenters. The third kappa shape index (κ3) is 6.99. The third-order valence-corrected chi connectivity index (χ3v) is 1.77. The van der Waals surface area contributed by atoms with Gasteiger partial charge in [-0.15, -0.1) is 0 Å². The average molecular weight is 265 g/mol. The highest BCUT2D eigenvalue weighted by atomic mass is 19.1. The number of aromatic nitrogens is 2. The fourth-order valence-electron chi connectivity index (χ4n) is 1.08. The number of halogens is 1. The van der Waals surface area contributed by atoms with Crippen LogP contribution in [0.15, 0.2) is 12.4 Å². The number of hydrogen-bond acceptors (Lipinski definition) is 4. The Kier molecular flexibility index (Phi) is 5.24. The molecule has 1 heterocycles. The van der Waals surface area contributed by atoms with Crippen LogP contribution >= 0.6 is 0 Å². The van der Waals surface area contributed by atoms with Gasteiger partial charge >= 0.3 is 12.2 Å². The molecule has 1 rings (SSSR count). The van der Waals surface area contributed by atoms with Gasteiger partial charge in [0.2, 0.25) is 0 Å². The quantitative estimate of drug-likeness (QED) is 0.504. The predicted molar refractivity (Wildman–Crippen MR) is 67.7 cm³/mol. The van der Waals surface area contributed by atoms with Crippen LogP contribution in [0.1, 0.15) is 32.8 Å². The van der Waals surface area contributed by atoms with Crippen molar-refractivity contribution in [1.82, 2.24) is 15.3 Å². The lowest BCUT2D eigenvalue weighted by molar-refractivity contribution is 0.0529. The zero-order valence-electron chi connectivity index (χ0n) is 11.2. The fourth-order valence-corrected chi connectivity index (χ4v) is 1.08. The van der Waals surface area contributed by atoms with Crippen LogP contribution in [0.4, 0.5) is 9.18 Å². The molecule has 5 nitrogen and oxygen atoms in total. The van der Waals surface area contributed by atoms with Crippen LogP contribution in [-0.2, 0) is 4.74 Å². The molecular weight excluding hydrogens is 249 g/mol. The van der Waals surface area contributed by atoms with Gasteiger partial charge in [0.25, 0.3) is 0 Å². The van der Waals surface area contributed by atoms with E-state index in [4.69, 9.17) is 4.74 Å². The summed E-state index contributed by atoms with van der Waals surface area (Å²) >= 11 is 0. The summed E-state index contributed by atoms with van der Waals surface area (Å²) in [5, 5.41) is 2.58. The molecule has 0 spiro atoms. The van der Waals surface area contributed by atoms with Crippen molar-refractivity contribution in [2.24, 2.45) is 0 Å². The number of nitrogens with zero attached hydrogens (tertiary/aromatic N) is 2. The topological polar surface area (TPSA) is 64.1 Å². The zero-order chi connectivity index (χ0) is 14.3. The number of nitrogens with one attached hydrogen (secondary N) is 1. The highest BCUT2D eigenvalue weighted by molar-refractivity contribution is 5.67. The van der Waals surface area contributed by atoms with Crippen molar-refractivity contribution < 1.29 is 13.9 Å². The molecule has 19 heavy (non-hydrogen) atoms. The van der Waals surface area contributed by atoms with E-state index in [1.165, 1.54) is 12.4 Å². The lowest BCUT2D eigenvalue weighted by Crippen LogP contribution is -2.32. The van der Waals surface area contributed by atoms with E-state index in [-0.39, 0.29) is 0 Å². The molecule has 0 aromatic carbocycles. The van der Waals surface area contributed by atoms with Crippen LogP contribution in [0.5, 0.6) is 0 Å². The lowest BCUT2D eigenvalue weighted by atomic mass is 10.2. The normalized spacial score (nSPS) is 10.3. The van der Waals surface area contributed by atoms with Crippen LogP contribution < -0.4 is 5.32 Å². The number of hydrogen-bond donors (Lipinski definition) is 1. The molecule has 0 saturated carbocycles. The number of rotatable bonds is 2. The second kappa shape index (κ2) is 6.69. The van der Waals surface area contributed by atoms with Crippen LogP contribution in [0.25, 0.3) is 0 Å². The Morgan fingerprint density at radius 3 is 2.63 bits per heavy atom. The van der Waals surface area contributed by atoms with Gasteiger partial charge in [-0.05, 0) is 20.8 Å². The molecule has 0 fully saturated rings. The maximum atomic E-state index is 12.4. The van der Waals surface area contributed by atoms with Crippen molar-refractivity contribution in [3.05, 3.63) is 24.0 Å². The number of carbonyl (C=O) groups excluding carboxylic acids is 1. The standard InChI is InChI=1S/C13H16FN3O2/c1-13(2,3)19-12(18)15-7-5-4-6-10-8-16-11(14)17-9-10/h8-9H,5,7H2,1-3H3,(H,15,18). The Bertz CT molecular complexity index is 483. The molecule has 0 saturated heterocycles. The first-order valence-electron chi connectivity index (χ1n) is 5.80. The monoisotopic (exact) mass is 265 g/mol. The molecule has 1 N–H and O–H groups in total. The Morgan fingerprint density at radius 1 is 1.42 bits per heavy atom. The first-order valence-corrected chi connectivity index (χ1v) is 5.80. The summed E-state index contributed by atoms with van der Waals surface area (Å²) in [6, 6.07) is 0. The third-order valence-electron chi connectivity index (χ3n) is 1.77. The highest BCUT2D eigenvalue weighted by Crippen LogP contribution is 2.06. The second-order valence-electron chi connectivity index (χ2n) is 4.72. The van der Waals surface area contributed by atoms with E-state index in [0.29, 0.717) is 18.5 Å². The molecule has 0 aliphatic carbocycles. The molecule has 0 aliphatic rings. The summed E-state index contributed by atoms with van der Waals surface area (Å²) < 4.78 is 17.5. The molecule has 1 amide bonds. The minimum absolute atomic E-state index is 0.379. The molecule has 0 bridgehead atoms. The van der Waals surface area contributed by atoms with Gasteiger partial charge in [-0.1, -0.05) is 11.8 Å². The summed E-state index contributed by atoms with van der Waals surface area (Å²) in [5.74, 6) is 5.58. The number of amides is 1. The van der Waals surface area contributed by atoms with E-state index in [0.717, 1.165) is 0 Å². The molecule has 6 heteroatoms. The fraction of sp³-hybridized carbons (Fsp3) is 0.462. The van der Waals surface area contributed by atoms with Crippen molar-refractivity contribution >= 4 is 6.09 Å². The van der Waals surface area contributed by atoms with E-state index in [1.807, 2.05) is 0 Å². The van der Waals surface area contributed by atoms with Crippen molar-refractivity contribution in [2.75, 3.05) is 6.54 Å². The lowest BCUT2D eigenvalue weighted by Gasteiger charge is -2.19. The SMILES string of the molecule is CC(C)(C)OC(=O)NCCC#Cc1cnc(F)nc1. The molecule has 102 valence electrons. The summed E-state index contributed by atoms with van der Waals surface area (Å²) in [5.41, 5.74) is 0.0139. The maximum absolute atomic E-state index is 12.4. The van der Waals surface area contributed by atoms with Gasteiger partial charge in [0.1, 0.15) is 5.60 Å². The Balaban J connectivity index is 2.28. The van der Waals surface area contributed by atoms with Crippen molar-refractivity contribution in [3.8, 4) is 11.8 Å². The molecule has 1 aromatic heterocycles. The van der Waals surface area contributed by atoms with Gasteiger partial charge in [-0.3, -0.25) is 0 Å². The number of ether oxygens (including phenoxy) is 1. The van der Waals surface area contributed by atoms with Crippen LogP contribution in [0.2, 0.25) is 0 Å². The van der Waals surface area contributed by atoms with Gasteiger partial charge in [0, 0.05) is 25.4 Å². The van der Waals surface area contributed by atoms with Crippen molar-refractivity contribution in [1.29, 1.82) is 0 Å². The minimum Gasteiger partial charge on any atom is -0.444 e. The highest BCUT2D eigenvalue weighted by Gasteiger charge is 2.15. The van der Waals surface area contributed by atoms with E-state index in [1.54, 1.807) is 20.8 Å². The van der Waals surface area contributed by atoms with Gasteiger partial charge in [0.05, 0.1) is 5.56 Å².